The second-order valence-electron chi connectivity index (χ2n) is 5.30. The summed E-state index contributed by atoms with van der Waals surface area (Å²) in [6.07, 6.45) is 10.1. The topological polar surface area (TPSA) is 18.5 Å². The molecule has 80 valence electrons. The van der Waals surface area contributed by atoms with Crippen molar-refractivity contribution in [1.82, 2.24) is 0 Å². The molecule has 0 N–H and O–H groups in total. The standard InChI is InChI=1S/C12H20O2/c1-4-11(6-2-8-13-11)10-12(5-1)7-3-9-14-12/h1-10H2/t11-,12+. The van der Waals surface area contributed by atoms with Gasteiger partial charge in [-0.25, -0.2) is 0 Å². The SMILES string of the molecule is C1CO[C@@]2(C1)CCC[C@]1(CCCO1)C2. The van der Waals surface area contributed by atoms with Crippen LogP contribution in [0.2, 0.25) is 0 Å². The molecule has 0 aromatic rings. The van der Waals surface area contributed by atoms with Crippen molar-refractivity contribution in [2.24, 2.45) is 0 Å². The summed E-state index contributed by atoms with van der Waals surface area (Å²) in [5.41, 5.74) is 0.450. The third-order valence-corrected chi connectivity index (χ3v) is 4.28. The van der Waals surface area contributed by atoms with Crippen LogP contribution in [0.5, 0.6) is 0 Å². The van der Waals surface area contributed by atoms with Crippen molar-refractivity contribution in [2.75, 3.05) is 13.2 Å². The molecule has 0 radical (unpaired) electrons. The van der Waals surface area contributed by atoms with Crippen LogP contribution in [0.3, 0.4) is 0 Å². The Labute approximate surface area is 86.0 Å². The van der Waals surface area contributed by atoms with E-state index in [1.165, 1.54) is 51.4 Å². The minimum Gasteiger partial charge on any atom is -0.375 e. The molecular formula is C12H20O2. The molecule has 2 heterocycles. The zero-order chi connectivity index (χ0) is 9.49. The van der Waals surface area contributed by atoms with Crippen molar-refractivity contribution in [3.8, 4) is 0 Å². The molecule has 0 amide bonds. The molecule has 1 saturated carbocycles. The summed E-state index contributed by atoms with van der Waals surface area (Å²) in [6.45, 7) is 1.96. The molecule has 0 unspecified atom stereocenters. The summed E-state index contributed by atoms with van der Waals surface area (Å²) in [5, 5.41) is 0. The van der Waals surface area contributed by atoms with Crippen LogP contribution < -0.4 is 0 Å². The zero-order valence-electron chi connectivity index (χ0n) is 8.89. The van der Waals surface area contributed by atoms with E-state index >= 15 is 0 Å². The predicted octanol–water partition coefficient (Wildman–Crippen LogP) is 2.66. The fraction of sp³-hybridized carbons (Fsp3) is 1.00. The molecular weight excluding hydrogens is 176 g/mol. The largest absolute Gasteiger partial charge is 0.375 e. The van der Waals surface area contributed by atoms with Crippen LogP contribution in [0, 0.1) is 0 Å². The maximum absolute atomic E-state index is 5.99. The van der Waals surface area contributed by atoms with Crippen molar-refractivity contribution in [1.29, 1.82) is 0 Å². The normalized spacial score (nSPS) is 48.0. The van der Waals surface area contributed by atoms with Gasteiger partial charge in [0, 0.05) is 19.6 Å². The molecule has 0 bridgehead atoms. The van der Waals surface area contributed by atoms with E-state index in [9.17, 15) is 0 Å². The van der Waals surface area contributed by atoms with Gasteiger partial charge in [0.15, 0.2) is 0 Å². The van der Waals surface area contributed by atoms with Crippen LogP contribution in [0.15, 0.2) is 0 Å². The van der Waals surface area contributed by atoms with E-state index in [1.54, 1.807) is 0 Å². The Morgan fingerprint density at radius 2 is 1.14 bits per heavy atom. The van der Waals surface area contributed by atoms with Gasteiger partial charge in [-0.3, -0.25) is 0 Å². The molecule has 3 rings (SSSR count). The highest BCUT2D eigenvalue weighted by Crippen LogP contribution is 2.48. The van der Waals surface area contributed by atoms with Crippen LogP contribution >= 0.6 is 0 Å². The fourth-order valence-electron chi connectivity index (χ4n) is 3.68. The molecule has 1 aliphatic carbocycles. The molecule has 14 heavy (non-hydrogen) atoms. The summed E-state index contributed by atoms with van der Waals surface area (Å²) in [5.74, 6) is 0. The molecule has 2 nitrogen and oxygen atoms in total. The van der Waals surface area contributed by atoms with Gasteiger partial charge < -0.3 is 9.47 Å². The summed E-state index contributed by atoms with van der Waals surface area (Å²) >= 11 is 0. The van der Waals surface area contributed by atoms with Crippen LogP contribution in [0.25, 0.3) is 0 Å². The smallest absolute Gasteiger partial charge is 0.0710 e. The highest BCUT2D eigenvalue weighted by molar-refractivity contribution is 5.00. The lowest BCUT2D eigenvalue weighted by atomic mass is 9.73. The number of ether oxygens (including phenoxy) is 2. The van der Waals surface area contributed by atoms with E-state index in [-0.39, 0.29) is 11.2 Å². The molecule has 2 spiro atoms. The van der Waals surface area contributed by atoms with Gasteiger partial charge in [-0.2, -0.15) is 0 Å². The molecule has 2 heteroatoms. The van der Waals surface area contributed by atoms with Gasteiger partial charge in [0.2, 0.25) is 0 Å². The maximum atomic E-state index is 5.99. The van der Waals surface area contributed by atoms with Crippen molar-refractivity contribution >= 4 is 0 Å². The van der Waals surface area contributed by atoms with Gasteiger partial charge in [-0.05, 0) is 44.9 Å². The quantitative estimate of drug-likeness (QED) is 0.593. The Hall–Kier alpha value is -0.0800. The average molecular weight is 196 g/mol. The maximum Gasteiger partial charge on any atom is 0.0710 e. The van der Waals surface area contributed by atoms with Gasteiger partial charge >= 0.3 is 0 Å². The summed E-state index contributed by atoms with van der Waals surface area (Å²) in [4.78, 5) is 0. The van der Waals surface area contributed by atoms with Gasteiger partial charge in [0.25, 0.3) is 0 Å². The Morgan fingerprint density at radius 3 is 1.57 bits per heavy atom. The molecule has 3 fully saturated rings. The Kier molecular flexibility index (Phi) is 2.10. The van der Waals surface area contributed by atoms with Crippen LogP contribution in [-0.4, -0.2) is 24.4 Å². The second kappa shape index (κ2) is 3.21. The Bertz CT molecular complexity index is 190. The van der Waals surface area contributed by atoms with Crippen molar-refractivity contribution in [3.05, 3.63) is 0 Å². The second-order valence-corrected chi connectivity index (χ2v) is 5.30. The van der Waals surface area contributed by atoms with E-state index in [0.29, 0.717) is 0 Å². The summed E-state index contributed by atoms with van der Waals surface area (Å²) in [6, 6.07) is 0. The van der Waals surface area contributed by atoms with E-state index in [4.69, 9.17) is 9.47 Å². The highest BCUT2D eigenvalue weighted by atomic mass is 16.5. The number of hydrogen-bond donors (Lipinski definition) is 0. The first-order valence-corrected chi connectivity index (χ1v) is 6.11. The fourth-order valence-corrected chi connectivity index (χ4v) is 3.68. The predicted molar refractivity (Wildman–Crippen MR) is 54.3 cm³/mol. The third kappa shape index (κ3) is 1.40. The van der Waals surface area contributed by atoms with Crippen LogP contribution in [-0.2, 0) is 9.47 Å². The zero-order valence-corrected chi connectivity index (χ0v) is 8.89. The Morgan fingerprint density at radius 1 is 0.643 bits per heavy atom. The molecule has 3 aliphatic rings. The lowest BCUT2D eigenvalue weighted by molar-refractivity contribution is -0.118. The van der Waals surface area contributed by atoms with E-state index in [0.717, 1.165) is 13.2 Å². The van der Waals surface area contributed by atoms with Gasteiger partial charge in [0.05, 0.1) is 11.2 Å². The number of rotatable bonds is 0. The monoisotopic (exact) mass is 196 g/mol. The van der Waals surface area contributed by atoms with Crippen LogP contribution in [0.1, 0.15) is 51.4 Å². The third-order valence-electron chi connectivity index (χ3n) is 4.28. The van der Waals surface area contributed by atoms with Gasteiger partial charge in [-0.15, -0.1) is 0 Å². The average Bonchev–Trinajstić information content (AvgIpc) is 2.77. The molecule has 0 aromatic carbocycles. The molecule has 2 saturated heterocycles. The summed E-state index contributed by atoms with van der Waals surface area (Å²) < 4.78 is 12.0. The van der Waals surface area contributed by atoms with Crippen molar-refractivity contribution < 1.29 is 9.47 Å². The van der Waals surface area contributed by atoms with Crippen molar-refractivity contribution in [3.63, 3.8) is 0 Å². The van der Waals surface area contributed by atoms with Gasteiger partial charge in [0.1, 0.15) is 0 Å². The first kappa shape index (κ1) is 9.17. The van der Waals surface area contributed by atoms with E-state index in [1.807, 2.05) is 0 Å². The first-order valence-electron chi connectivity index (χ1n) is 6.11. The number of hydrogen-bond acceptors (Lipinski definition) is 2. The van der Waals surface area contributed by atoms with Gasteiger partial charge in [-0.1, -0.05) is 0 Å². The van der Waals surface area contributed by atoms with Crippen molar-refractivity contribution in [2.45, 2.75) is 62.6 Å². The highest BCUT2D eigenvalue weighted by Gasteiger charge is 2.48. The first-order chi connectivity index (χ1) is 6.83. The molecule has 2 aliphatic heterocycles. The van der Waals surface area contributed by atoms with Crippen LogP contribution in [0.4, 0.5) is 0 Å². The van der Waals surface area contributed by atoms with E-state index < -0.39 is 0 Å². The van der Waals surface area contributed by atoms with E-state index in [2.05, 4.69) is 0 Å². The molecule has 2 atom stereocenters. The minimum atomic E-state index is 0.225. The lowest BCUT2D eigenvalue weighted by Crippen LogP contribution is -2.44. The minimum absolute atomic E-state index is 0.225. The summed E-state index contributed by atoms with van der Waals surface area (Å²) in [7, 11) is 0. The lowest BCUT2D eigenvalue weighted by Gasteiger charge is -2.43. The Balaban J connectivity index is 1.77. The molecule has 0 aromatic heterocycles.